The topological polar surface area (TPSA) is 30.0 Å². The minimum Gasteiger partial charge on any atom is -0.309 e. The van der Waals surface area contributed by atoms with Crippen molar-refractivity contribution in [3.63, 3.8) is 0 Å². The molecule has 1 aliphatic rings. The Bertz CT molecular complexity index is 2170. The molecule has 0 saturated heterocycles. The lowest BCUT2D eigenvalue weighted by atomic mass is 9.92. The van der Waals surface area contributed by atoms with Gasteiger partial charge in [0.15, 0.2) is 7.14 Å². The van der Waals surface area contributed by atoms with E-state index in [0.717, 1.165) is 72.5 Å². The van der Waals surface area contributed by atoms with Crippen molar-refractivity contribution in [2.75, 3.05) is 0 Å². The molecule has 1 aromatic heterocycles. The number of benzene rings is 6. The van der Waals surface area contributed by atoms with Gasteiger partial charge in [-0.3, -0.25) is 0 Å². The van der Waals surface area contributed by atoms with Crippen molar-refractivity contribution in [1.82, 2.24) is 4.98 Å². The molecule has 0 bridgehead atoms. The average molecular weight is 558 g/mol. The second-order valence-corrected chi connectivity index (χ2v) is 13.8. The molecule has 0 fully saturated rings. The minimum atomic E-state index is -2.97. The Morgan fingerprint density at radius 3 is 1.71 bits per heavy atom. The van der Waals surface area contributed by atoms with Crippen LogP contribution in [-0.2, 0) is 4.57 Å². The molecule has 7 aromatic rings. The molecular formula is C39H28NOP. The maximum absolute atomic E-state index is 15.0. The van der Waals surface area contributed by atoms with Crippen LogP contribution < -0.4 is 10.6 Å². The Kier molecular flexibility index (Phi) is 5.91. The maximum atomic E-state index is 15.0. The molecule has 200 valence electrons. The van der Waals surface area contributed by atoms with Gasteiger partial charge in [-0.2, -0.15) is 0 Å². The van der Waals surface area contributed by atoms with Gasteiger partial charge in [-0.15, -0.1) is 0 Å². The van der Waals surface area contributed by atoms with E-state index in [0.29, 0.717) is 0 Å². The molecule has 42 heavy (non-hydrogen) atoms. The van der Waals surface area contributed by atoms with Crippen molar-refractivity contribution < 1.29 is 4.57 Å². The molecule has 1 unspecified atom stereocenters. The standard InChI is InChI=1S/C39H28NOP/c41-42(30-13-3-1-4-14-30,31-15-5-2-6-16-31)32-23-19-29(20-24-32)37-35-25-21-27-11-7-9-17-33(27)38(35)40-39-34-18-10-8-12-28(34)22-26-36(37)39/h1-5,7-15,17-26H,6,16H2. The lowest BCUT2D eigenvalue weighted by Gasteiger charge is -2.24. The fourth-order valence-corrected chi connectivity index (χ4v) is 9.39. The highest BCUT2D eigenvalue weighted by Crippen LogP contribution is 2.54. The van der Waals surface area contributed by atoms with Gasteiger partial charge in [0, 0.05) is 37.7 Å². The normalized spacial score (nSPS) is 14.8. The third-order valence-electron chi connectivity index (χ3n) is 8.60. The molecule has 8 rings (SSSR count). The summed E-state index contributed by atoms with van der Waals surface area (Å²) >= 11 is 0. The number of pyridine rings is 1. The van der Waals surface area contributed by atoms with Crippen molar-refractivity contribution in [2.24, 2.45) is 0 Å². The van der Waals surface area contributed by atoms with Gasteiger partial charge >= 0.3 is 0 Å². The highest BCUT2D eigenvalue weighted by Gasteiger charge is 2.31. The fraction of sp³-hybridized carbons (Fsp3) is 0.0513. The zero-order valence-electron chi connectivity index (χ0n) is 23.1. The number of rotatable bonds is 4. The Hall–Kier alpha value is -4.78. The molecule has 0 radical (unpaired) electrons. The average Bonchev–Trinajstić information content (AvgIpc) is 3.07. The molecular weight excluding hydrogens is 529 g/mol. The Labute approximate surface area is 245 Å². The SMILES string of the molecule is O=P(C1=CC=CCC1)(c1ccccc1)c1ccc(-c2c3ccc4ccccc4c3nc3c2ccc2ccccc23)cc1. The highest BCUT2D eigenvalue weighted by molar-refractivity contribution is 7.82. The van der Waals surface area contributed by atoms with Crippen molar-refractivity contribution in [3.05, 3.63) is 151 Å². The first-order valence-electron chi connectivity index (χ1n) is 14.5. The highest BCUT2D eigenvalue weighted by atomic mass is 31.2. The van der Waals surface area contributed by atoms with E-state index in [1.165, 1.54) is 10.8 Å². The second kappa shape index (κ2) is 9.94. The number of fused-ring (bicyclic) bond motifs is 6. The predicted molar refractivity (Wildman–Crippen MR) is 179 cm³/mol. The van der Waals surface area contributed by atoms with E-state index in [-0.39, 0.29) is 0 Å². The third-order valence-corrected chi connectivity index (χ3v) is 11.8. The van der Waals surface area contributed by atoms with Crippen LogP contribution >= 0.6 is 7.14 Å². The molecule has 1 atom stereocenters. The molecule has 0 N–H and O–H groups in total. The summed E-state index contributed by atoms with van der Waals surface area (Å²) in [6.07, 6.45) is 7.98. The van der Waals surface area contributed by atoms with Crippen LogP contribution in [0, 0.1) is 0 Å². The van der Waals surface area contributed by atoms with E-state index in [9.17, 15) is 0 Å². The summed E-state index contributed by atoms with van der Waals surface area (Å²) in [6.45, 7) is 0. The Morgan fingerprint density at radius 1 is 0.548 bits per heavy atom. The minimum absolute atomic E-state index is 0.810. The zero-order valence-corrected chi connectivity index (χ0v) is 24.0. The van der Waals surface area contributed by atoms with Crippen molar-refractivity contribution in [3.8, 4) is 11.1 Å². The van der Waals surface area contributed by atoms with Crippen molar-refractivity contribution in [2.45, 2.75) is 12.8 Å². The van der Waals surface area contributed by atoms with Gasteiger partial charge in [0.25, 0.3) is 0 Å². The van der Waals surface area contributed by atoms with Gasteiger partial charge < -0.3 is 4.57 Å². The van der Waals surface area contributed by atoms with Crippen LogP contribution in [0.5, 0.6) is 0 Å². The smallest absolute Gasteiger partial charge is 0.167 e. The molecule has 1 aliphatic carbocycles. The van der Waals surface area contributed by atoms with Crippen molar-refractivity contribution in [1.29, 1.82) is 0 Å². The van der Waals surface area contributed by atoms with Crippen LogP contribution in [0.25, 0.3) is 54.5 Å². The van der Waals surface area contributed by atoms with Crippen LogP contribution in [0.2, 0.25) is 0 Å². The molecule has 3 heteroatoms. The third kappa shape index (κ3) is 3.87. The van der Waals surface area contributed by atoms with Gasteiger partial charge in [-0.1, -0.05) is 146 Å². The van der Waals surface area contributed by atoms with E-state index < -0.39 is 7.14 Å². The van der Waals surface area contributed by atoms with Crippen molar-refractivity contribution >= 4 is 61.1 Å². The molecule has 0 amide bonds. The summed E-state index contributed by atoms with van der Waals surface area (Å²) in [5.41, 5.74) is 4.27. The molecule has 6 aromatic carbocycles. The van der Waals surface area contributed by atoms with Crippen LogP contribution in [0.4, 0.5) is 0 Å². The number of allylic oxidation sites excluding steroid dienone is 4. The lowest BCUT2D eigenvalue weighted by Crippen LogP contribution is -2.18. The second-order valence-electron chi connectivity index (χ2n) is 11.0. The summed E-state index contributed by atoms with van der Waals surface area (Å²) in [4.78, 5) is 5.32. The summed E-state index contributed by atoms with van der Waals surface area (Å²) in [7, 11) is -2.97. The zero-order chi connectivity index (χ0) is 28.1. The molecule has 2 nitrogen and oxygen atoms in total. The Morgan fingerprint density at radius 2 is 1.12 bits per heavy atom. The first-order valence-corrected chi connectivity index (χ1v) is 16.2. The summed E-state index contributed by atoms with van der Waals surface area (Å²) in [5.74, 6) is 0. The first kappa shape index (κ1) is 25.0. The summed E-state index contributed by atoms with van der Waals surface area (Å²) in [6, 6.07) is 44.2. The summed E-state index contributed by atoms with van der Waals surface area (Å²) < 4.78 is 15.0. The molecule has 0 spiro atoms. The van der Waals surface area contributed by atoms with E-state index in [4.69, 9.17) is 4.98 Å². The van der Waals surface area contributed by atoms with Crippen LogP contribution in [0.15, 0.2) is 151 Å². The van der Waals surface area contributed by atoms with Gasteiger partial charge in [-0.25, -0.2) is 4.98 Å². The number of aromatic nitrogens is 1. The van der Waals surface area contributed by atoms with Crippen LogP contribution in [0.3, 0.4) is 0 Å². The quantitative estimate of drug-likeness (QED) is 0.122. The van der Waals surface area contributed by atoms with E-state index in [2.05, 4.69) is 109 Å². The maximum Gasteiger partial charge on any atom is 0.167 e. The Balaban J connectivity index is 1.40. The molecule has 0 aliphatic heterocycles. The number of hydrogen-bond donors (Lipinski definition) is 0. The van der Waals surface area contributed by atoms with Gasteiger partial charge in [0.05, 0.1) is 11.0 Å². The first-order chi connectivity index (χ1) is 20.7. The number of hydrogen-bond acceptors (Lipinski definition) is 2. The lowest BCUT2D eigenvalue weighted by molar-refractivity contribution is 0.589. The van der Waals surface area contributed by atoms with E-state index >= 15 is 4.57 Å². The fourth-order valence-electron chi connectivity index (χ4n) is 6.53. The van der Waals surface area contributed by atoms with Gasteiger partial charge in [0.2, 0.25) is 0 Å². The van der Waals surface area contributed by atoms with E-state index in [1.807, 2.05) is 36.4 Å². The predicted octanol–water partition coefficient (Wildman–Crippen LogP) is 9.91. The monoisotopic (exact) mass is 557 g/mol. The van der Waals surface area contributed by atoms with E-state index in [1.54, 1.807) is 0 Å². The largest absolute Gasteiger partial charge is 0.309 e. The number of nitrogens with zero attached hydrogens (tertiary/aromatic N) is 1. The summed E-state index contributed by atoms with van der Waals surface area (Å²) in [5, 5.41) is 9.67. The van der Waals surface area contributed by atoms with Gasteiger partial charge in [0.1, 0.15) is 0 Å². The molecule has 1 heterocycles. The van der Waals surface area contributed by atoms with Crippen LogP contribution in [0.1, 0.15) is 12.8 Å². The van der Waals surface area contributed by atoms with Crippen LogP contribution in [-0.4, -0.2) is 4.98 Å². The van der Waals surface area contributed by atoms with Gasteiger partial charge in [-0.05, 0) is 34.5 Å². The molecule has 0 saturated carbocycles.